The molecule has 0 radical (unpaired) electrons. The maximum Gasteiger partial charge on any atom is 0.337 e. The lowest BCUT2D eigenvalue weighted by molar-refractivity contribution is 0.0698. The summed E-state index contributed by atoms with van der Waals surface area (Å²) in [6.07, 6.45) is 5.49. The number of carboxylic acids is 1. The highest BCUT2D eigenvalue weighted by Crippen LogP contribution is 2.33. The third-order valence-electron chi connectivity index (χ3n) is 3.95. The summed E-state index contributed by atoms with van der Waals surface area (Å²) >= 11 is 0. The van der Waals surface area contributed by atoms with Gasteiger partial charge in [0.05, 0.1) is 11.1 Å². The lowest BCUT2D eigenvalue weighted by Crippen LogP contribution is -2.01. The minimum Gasteiger partial charge on any atom is -0.478 e. The van der Waals surface area contributed by atoms with Crippen LogP contribution in [0.3, 0.4) is 0 Å². The van der Waals surface area contributed by atoms with Gasteiger partial charge in [-0.3, -0.25) is 4.98 Å². The Kier molecular flexibility index (Phi) is 3.45. The zero-order valence-corrected chi connectivity index (χ0v) is 12.9. The number of aryl methyl sites for hydroxylation is 1. The molecular formula is C18H18N2O2. The van der Waals surface area contributed by atoms with Crippen LogP contribution in [0.1, 0.15) is 35.7 Å². The molecule has 0 saturated heterocycles. The summed E-state index contributed by atoms with van der Waals surface area (Å²) in [7, 11) is 1.89. The van der Waals surface area contributed by atoms with Crippen molar-refractivity contribution in [3.05, 3.63) is 54.0 Å². The molecule has 4 nitrogen and oxygen atoms in total. The molecule has 112 valence electrons. The number of fused-ring (bicyclic) bond motifs is 1. The van der Waals surface area contributed by atoms with Gasteiger partial charge < -0.3 is 9.67 Å². The summed E-state index contributed by atoms with van der Waals surface area (Å²) in [5.41, 5.74) is 4.05. The Labute approximate surface area is 129 Å². The van der Waals surface area contributed by atoms with Gasteiger partial charge in [0.15, 0.2) is 0 Å². The fourth-order valence-electron chi connectivity index (χ4n) is 2.90. The molecule has 0 aliphatic heterocycles. The number of hydrogen-bond donors (Lipinski definition) is 1. The van der Waals surface area contributed by atoms with Crippen molar-refractivity contribution in [2.75, 3.05) is 0 Å². The summed E-state index contributed by atoms with van der Waals surface area (Å²) in [4.78, 5) is 15.8. The van der Waals surface area contributed by atoms with Crippen LogP contribution in [0, 0.1) is 0 Å². The molecule has 0 atom stereocenters. The predicted octanol–water partition coefficient (Wildman–Crippen LogP) is 4.06. The van der Waals surface area contributed by atoms with Crippen molar-refractivity contribution in [2.24, 2.45) is 7.05 Å². The number of pyridine rings is 1. The quantitative estimate of drug-likeness (QED) is 0.792. The molecule has 0 aliphatic carbocycles. The summed E-state index contributed by atoms with van der Waals surface area (Å²) in [6, 6.07) is 7.59. The average Bonchev–Trinajstić information content (AvgIpc) is 2.84. The summed E-state index contributed by atoms with van der Waals surface area (Å²) < 4.78 is 1.90. The van der Waals surface area contributed by atoms with Gasteiger partial charge in [-0.15, -0.1) is 0 Å². The van der Waals surface area contributed by atoms with Gasteiger partial charge in [-0.05, 0) is 35.2 Å². The van der Waals surface area contributed by atoms with Gasteiger partial charge >= 0.3 is 5.97 Å². The van der Waals surface area contributed by atoms with E-state index >= 15 is 0 Å². The van der Waals surface area contributed by atoms with Crippen molar-refractivity contribution >= 4 is 16.9 Å². The van der Waals surface area contributed by atoms with Crippen LogP contribution in [0.15, 0.2) is 42.9 Å². The van der Waals surface area contributed by atoms with Gasteiger partial charge in [0.1, 0.15) is 0 Å². The van der Waals surface area contributed by atoms with Crippen LogP contribution < -0.4 is 0 Å². The highest BCUT2D eigenvalue weighted by atomic mass is 16.4. The van der Waals surface area contributed by atoms with E-state index in [0.29, 0.717) is 11.5 Å². The summed E-state index contributed by atoms with van der Waals surface area (Å²) in [6.45, 7) is 4.23. The van der Waals surface area contributed by atoms with Crippen molar-refractivity contribution in [3.63, 3.8) is 0 Å². The summed E-state index contributed by atoms with van der Waals surface area (Å²) in [5.74, 6) is -0.582. The van der Waals surface area contributed by atoms with Crippen LogP contribution in [0.2, 0.25) is 0 Å². The van der Waals surface area contributed by atoms with Gasteiger partial charge in [0.2, 0.25) is 0 Å². The Morgan fingerprint density at radius 3 is 2.64 bits per heavy atom. The molecule has 2 aromatic heterocycles. The highest BCUT2D eigenvalue weighted by molar-refractivity contribution is 6.05. The molecule has 0 fully saturated rings. The molecule has 2 heterocycles. The van der Waals surface area contributed by atoms with Crippen LogP contribution in [0.4, 0.5) is 0 Å². The summed E-state index contributed by atoms with van der Waals surface area (Å²) in [5, 5.41) is 10.6. The largest absolute Gasteiger partial charge is 0.478 e. The molecular weight excluding hydrogens is 276 g/mol. The van der Waals surface area contributed by atoms with E-state index in [1.165, 1.54) is 0 Å². The molecule has 3 aromatic rings. The Bertz CT molecular complexity index is 848. The molecule has 0 bridgehead atoms. The van der Waals surface area contributed by atoms with E-state index < -0.39 is 5.97 Å². The Morgan fingerprint density at radius 2 is 2.05 bits per heavy atom. The maximum absolute atomic E-state index is 11.7. The normalized spacial score (nSPS) is 11.3. The third kappa shape index (κ3) is 2.26. The number of aromatic carboxylic acids is 1. The van der Waals surface area contributed by atoms with E-state index in [2.05, 4.69) is 24.9 Å². The van der Waals surface area contributed by atoms with E-state index in [1.807, 2.05) is 29.9 Å². The number of hydrogen-bond acceptors (Lipinski definition) is 2. The van der Waals surface area contributed by atoms with Gasteiger partial charge in [0, 0.05) is 36.6 Å². The molecule has 0 spiro atoms. The van der Waals surface area contributed by atoms with Gasteiger partial charge in [0.25, 0.3) is 0 Å². The average molecular weight is 294 g/mol. The zero-order chi connectivity index (χ0) is 15.9. The topological polar surface area (TPSA) is 55.1 Å². The van der Waals surface area contributed by atoms with Crippen LogP contribution in [-0.4, -0.2) is 20.6 Å². The number of benzene rings is 1. The maximum atomic E-state index is 11.7. The Morgan fingerprint density at radius 1 is 1.27 bits per heavy atom. The van der Waals surface area contributed by atoms with Crippen LogP contribution in [0.25, 0.3) is 22.0 Å². The molecule has 4 heteroatoms. The number of nitrogens with zero attached hydrogens (tertiary/aromatic N) is 2. The first-order valence-corrected chi connectivity index (χ1v) is 7.25. The number of carboxylic acid groups (broad SMARTS) is 1. The van der Waals surface area contributed by atoms with Crippen molar-refractivity contribution < 1.29 is 9.90 Å². The number of carbonyl (C=O) groups is 1. The van der Waals surface area contributed by atoms with Crippen molar-refractivity contribution in [1.29, 1.82) is 0 Å². The van der Waals surface area contributed by atoms with Gasteiger partial charge in [-0.1, -0.05) is 19.9 Å². The molecule has 3 rings (SSSR count). The standard InChI is InChI=1S/C18H18N2O2/c1-11(2)16-10-20(3)17-14(16)7-13(8-15(17)18(21)22)12-5-4-6-19-9-12/h4-11H,1-3H3,(H,21,22). The lowest BCUT2D eigenvalue weighted by atomic mass is 9.96. The molecule has 0 aliphatic rings. The minimum absolute atomic E-state index is 0.325. The lowest BCUT2D eigenvalue weighted by Gasteiger charge is -2.08. The molecule has 22 heavy (non-hydrogen) atoms. The van der Waals surface area contributed by atoms with Crippen LogP contribution >= 0.6 is 0 Å². The van der Waals surface area contributed by atoms with Crippen LogP contribution in [-0.2, 0) is 7.05 Å². The fourth-order valence-corrected chi connectivity index (χ4v) is 2.90. The van der Waals surface area contributed by atoms with Crippen molar-refractivity contribution in [2.45, 2.75) is 19.8 Å². The van der Waals surface area contributed by atoms with E-state index in [9.17, 15) is 9.90 Å². The molecule has 0 amide bonds. The Hall–Kier alpha value is -2.62. The second-order valence-electron chi connectivity index (χ2n) is 5.82. The molecule has 1 aromatic carbocycles. The monoisotopic (exact) mass is 294 g/mol. The molecule has 0 saturated carbocycles. The van der Waals surface area contributed by atoms with Gasteiger partial charge in [-0.2, -0.15) is 0 Å². The van der Waals surface area contributed by atoms with E-state index in [1.54, 1.807) is 18.5 Å². The SMILES string of the molecule is CC(C)c1cn(C)c2c(C(=O)O)cc(-c3cccnc3)cc12. The van der Waals surface area contributed by atoms with Crippen molar-refractivity contribution in [1.82, 2.24) is 9.55 Å². The first-order valence-electron chi connectivity index (χ1n) is 7.25. The Balaban J connectivity index is 2.38. The minimum atomic E-state index is -0.910. The van der Waals surface area contributed by atoms with Crippen molar-refractivity contribution in [3.8, 4) is 11.1 Å². The van der Waals surface area contributed by atoms with E-state index in [4.69, 9.17) is 0 Å². The second kappa shape index (κ2) is 5.30. The van der Waals surface area contributed by atoms with Crippen LogP contribution in [0.5, 0.6) is 0 Å². The smallest absolute Gasteiger partial charge is 0.337 e. The second-order valence-corrected chi connectivity index (χ2v) is 5.82. The molecule has 0 unspecified atom stereocenters. The van der Waals surface area contributed by atoms with Gasteiger partial charge in [-0.25, -0.2) is 4.79 Å². The first kappa shape index (κ1) is 14.3. The van der Waals surface area contributed by atoms with E-state index in [0.717, 1.165) is 27.6 Å². The van der Waals surface area contributed by atoms with E-state index in [-0.39, 0.29) is 0 Å². The number of aromatic nitrogens is 2. The zero-order valence-electron chi connectivity index (χ0n) is 12.9. The predicted molar refractivity (Wildman–Crippen MR) is 87.2 cm³/mol. The third-order valence-corrected chi connectivity index (χ3v) is 3.95. The highest BCUT2D eigenvalue weighted by Gasteiger charge is 2.18. The number of rotatable bonds is 3. The molecule has 1 N–H and O–H groups in total. The first-order chi connectivity index (χ1) is 10.5. The fraction of sp³-hybridized carbons (Fsp3) is 0.222.